The molecule has 0 aliphatic carbocycles. The second kappa shape index (κ2) is 2.36. The van der Waals surface area contributed by atoms with E-state index in [4.69, 9.17) is 0 Å². The number of rotatable bonds is 1. The van der Waals surface area contributed by atoms with E-state index in [1.54, 1.807) is 12.1 Å². The third-order valence-corrected chi connectivity index (χ3v) is 3.76. The summed E-state index contributed by atoms with van der Waals surface area (Å²) in [5, 5.41) is 0. The van der Waals surface area contributed by atoms with Crippen molar-refractivity contribution in [3.8, 4) is 0 Å². The smallest absolute Gasteiger partial charge is 0.184 e. The Balaban J connectivity index is 3.21. The summed E-state index contributed by atoms with van der Waals surface area (Å²) in [6.07, 6.45) is 1.19. The average molecular weight is 175 g/mol. The highest BCUT2D eigenvalue weighted by molar-refractivity contribution is 7.92. The lowest BCUT2D eigenvalue weighted by Gasteiger charge is -1.87. The van der Waals surface area contributed by atoms with Gasteiger partial charge in [0.1, 0.15) is 4.21 Å². The molecule has 0 fully saturated rings. The van der Waals surface area contributed by atoms with Crippen LogP contribution in [0.4, 0.5) is 0 Å². The molecule has 1 aromatic heterocycles. The maximum atomic E-state index is 10.8. The van der Waals surface area contributed by atoms with Gasteiger partial charge >= 0.3 is 0 Å². The Kier molecular flexibility index (Phi) is 1.83. The second-order valence-electron chi connectivity index (χ2n) is 1.99. The van der Waals surface area contributed by atoms with Gasteiger partial charge in [0.15, 0.2) is 9.84 Å². The van der Waals surface area contributed by atoms with Gasteiger partial charge in [0.05, 0.1) is 0 Å². The van der Waals surface area contributed by atoms with Crippen LogP contribution in [0.15, 0.2) is 16.3 Å². The van der Waals surface area contributed by atoms with E-state index in [1.807, 2.05) is 0 Å². The van der Waals surface area contributed by atoms with Gasteiger partial charge in [0.25, 0.3) is 0 Å². The van der Waals surface area contributed by atoms with Gasteiger partial charge in [-0.3, -0.25) is 0 Å². The molecule has 0 amide bonds. The highest BCUT2D eigenvalue weighted by atomic mass is 32.2. The van der Waals surface area contributed by atoms with Crippen molar-refractivity contribution in [3.05, 3.63) is 23.9 Å². The number of sulfone groups is 1. The van der Waals surface area contributed by atoms with E-state index < -0.39 is 9.84 Å². The predicted molar refractivity (Wildman–Crippen MR) is 41.9 cm³/mol. The van der Waals surface area contributed by atoms with Gasteiger partial charge < -0.3 is 0 Å². The second-order valence-corrected chi connectivity index (χ2v) is 5.40. The monoisotopic (exact) mass is 175 g/mol. The van der Waals surface area contributed by atoms with Gasteiger partial charge in [-0.1, -0.05) is 0 Å². The fourth-order valence-electron chi connectivity index (χ4n) is 0.558. The summed E-state index contributed by atoms with van der Waals surface area (Å²) >= 11 is 1.20. The first-order chi connectivity index (χ1) is 4.50. The van der Waals surface area contributed by atoms with Gasteiger partial charge in [-0.2, -0.15) is 0 Å². The normalized spacial score (nSPS) is 11.8. The van der Waals surface area contributed by atoms with Crippen LogP contribution >= 0.6 is 11.3 Å². The van der Waals surface area contributed by atoms with Crippen molar-refractivity contribution in [1.82, 2.24) is 0 Å². The maximum absolute atomic E-state index is 10.8. The highest BCUT2D eigenvalue weighted by Gasteiger charge is 2.07. The van der Waals surface area contributed by atoms with E-state index in [1.165, 1.54) is 17.6 Å². The quantitative estimate of drug-likeness (QED) is 0.645. The lowest BCUT2D eigenvalue weighted by Crippen LogP contribution is -1.91. The van der Waals surface area contributed by atoms with Crippen LogP contribution in [-0.4, -0.2) is 14.7 Å². The first kappa shape index (κ1) is 7.75. The summed E-state index contributed by atoms with van der Waals surface area (Å²) in [5.41, 5.74) is 0. The third kappa shape index (κ3) is 1.58. The first-order valence-electron chi connectivity index (χ1n) is 2.62. The van der Waals surface area contributed by atoms with Crippen molar-refractivity contribution in [3.63, 3.8) is 0 Å². The Morgan fingerprint density at radius 3 is 2.30 bits per heavy atom. The number of hydrogen-bond donors (Lipinski definition) is 0. The largest absolute Gasteiger partial charge is 0.223 e. The molecule has 0 saturated carbocycles. The molecule has 0 atom stereocenters. The zero-order valence-electron chi connectivity index (χ0n) is 5.49. The van der Waals surface area contributed by atoms with Crippen molar-refractivity contribution in [1.29, 1.82) is 0 Å². The molecule has 10 heavy (non-hydrogen) atoms. The molecule has 0 saturated heterocycles. The summed E-state index contributed by atoms with van der Waals surface area (Å²) in [7, 11) is -3.00. The summed E-state index contributed by atoms with van der Waals surface area (Å²) in [6, 6.07) is 3.27. The predicted octanol–water partition coefficient (Wildman–Crippen LogP) is 1.33. The van der Waals surface area contributed by atoms with E-state index in [9.17, 15) is 8.42 Å². The molecule has 1 radical (unpaired) electrons. The average Bonchev–Trinajstić information content (AvgIpc) is 2.11. The zero-order chi connectivity index (χ0) is 7.78. The van der Waals surface area contributed by atoms with Crippen LogP contribution in [0.2, 0.25) is 0 Å². The van der Waals surface area contributed by atoms with Gasteiger partial charge in [0, 0.05) is 11.1 Å². The van der Waals surface area contributed by atoms with E-state index >= 15 is 0 Å². The molecule has 0 aliphatic rings. The van der Waals surface area contributed by atoms with E-state index in [0.29, 0.717) is 4.21 Å². The molecule has 0 spiro atoms. The highest BCUT2D eigenvalue weighted by Crippen LogP contribution is 2.19. The fourth-order valence-corrected chi connectivity index (χ4v) is 2.33. The van der Waals surface area contributed by atoms with Crippen LogP contribution in [0.3, 0.4) is 0 Å². The molecule has 0 aliphatic heterocycles. The molecular weight excluding hydrogens is 168 g/mol. The van der Waals surface area contributed by atoms with Gasteiger partial charge in [-0.25, -0.2) is 8.42 Å². The van der Waals surface area contributed by atoms with Crippen LogP contribution < -0.4 is 0 Å². The molecule has 0 bridgehead atoms. The van der Waals surface area contributed by atoms with Crippen molar-refractivity contribution in [2.24, 2.45) is 0 Å². The number of thiophene rings is 1. The number of hydrogen-bond acceptors (Lipinski definition) is 3. The summed E-state index contributed by atoms with van der Waals surface area (Å²) in [5.74, 6) is 0. The van der Waals surface area contributed by atoms with Gasteiger partial charge in [0.2, 0.25) is 0 Å². The lowest BCUT2D eigenvalue weighted by atomic mass is 10.5. The van der Waals surface area contributed by atoms with Crippen molar-refractivity contribution < 1.29 is 8.42 Å². The first-order valence-corrected chi connectivity index (χ1v) is 5.33. The Morgan fingerprint density at radius 1 is 1.50 bits per heavy atom. The van der Waals surface area contributed by atoms with Gasteiger partial charge in [-0.15, -0.1) is 11.3 Å². The minimum atomic E-state index is -3.00. The van der Waals surface area contributed by atoms with Crippen LogP contribution in [0, 0.1) is 6.92 Å². The molecule has 0 unspecified atom stereocenters. The lowest BCUT2D eigenvalue weighted by molar-refractivity contribution is 0.604. The molecule has 0 aromatic carbocycles. The van der Waals surface area contributed by atoms with Crippen LogP contribution in [0.25, 0.3) is 0 Å². The topological polar surface area (TPSA) is 34.1 Å². The zero-order valence-corrected chi connectivity index (χ0v) is 7.13. The van der Waals surface area contributed by atoms with E-state index in [0.717, 1.165) is 4.88 Å². The minimum absolute atomic E-state index is 0.387. The van der Waals surface area contributed by atoms with E-state index in [2.05, 4.69) is 6.92 Å². The summed E-state index contributed by atoms with van der Waals surface area (Å²) in [4.78, 5) is 0.778. The standard InChI is InChI=1S/C6H7O2S2/c1-5-3-4-6(9-5)10(2,7)8/h3-4H,1H2,2H3. The maximum Gasteiger partial charge on any atom is 0.184 e. The molecule has 1 heterocycles. The van der Waals surface area contributed by atoms with Crippen molar-refractivity contribution in [2.75, 3.05) is 6.26 Å². The molecule has 0 N–H and O–H groups in total. The molecule has 2 nitrogen and oxygen atoms in total. The Labute approximate surface area is 64.4 Å². The molecule has 1 rings (SSSR count). The molecule has 1 aromatic rings. The van der Waals surface area contributed by atoms with Crippen molar-refractivity contribution in [2.45, 2.75) is 4.21 Å². The Bertz CT molecular complexity index is 321. The minimum Gasteiger partial charge on any atom is -0.223 e. The molecule has 55 valence electrons. The van der Waals surface area contributed by atoms with Crippen molar-refractivity contribution >= 4 is 21.2 Å². The fraction of sp³-hybridized carbons (Fsp3) is 0.167. The van der Waals surface area contributed by atoms with Crippen LogP contribution in [0.5, 0.6) is 0 Å². The Morgan fingerprint density at radius 2 is 2.10 bits per heavy atom. The molecule has 4 heteroatoms. The third-order valence-electron chi connectivity index (χ3n) is 1.00. The van der Waals surface area contributed by atoms with Gasteiger partial charge in [-0.05, 0) is 19.1 Å². The summed E-state index contributed by atoms with van der Waals surface area (Å²) in [6.45, 7) is 3.61. The Hall–Kier alpha value is -0.350. The van der Waals surface area contributed by atoms with Crippen LogP contribution in [0.1, 0.15) is 4.88 Å². The molecular formula is C6H7O2S2. The van der Waals surface area contributed by atoms with E-state index in [-0.39, 0.29) is 0 Å². The summed E-state index contributed by atoms with van der Waals surface area (Å²) < 4.78 is 22.0. The SMILES string of the molecule is [CH2]c1ccc(S(C)(=O)=O)s1. The van der Waals surface area contributed by atoms with Crippen LogP contribution in [-0.2, 0) is 9.84 Å².